The van der Waals surface area contributed by atoms with Gasteiger partial charge in [-0.25, -0.2) is 4.98 Å². The van der Waals surface area contributed by atoms with E-state index >= 15 is 0 Å². The number of rotatable bonds is 5. The van der Waals surface area contributed by atoms with Crippen molar-refractivity contribution >= 4 is 16.6 Å². The number of hydrogen-bond donors (Lipinski definition) is 1. The number of pyridine rings is 1. The molecule has 1 aromatic carbocycles. The van der Waals surface area contributed by atoms with E-state index in [4.69, 9.17) is 4.74 Å². The van der Waals surface area contributed by atoms with E-state index in [0.717, 1.165) is 51.6 Å². The van der Waals surface area contributed by atoms with Crippen LogP contribution in [0.4, 0.5) is 5.82 Å². The standard InChI is InChI=1S/C17H23N3O/c1-14-13-19-17(16-6-3-2-5-15(14)16)18-7-4-8-20-9-11-21-12-10-20/h2-3,5-6,13H,4,7-12H2,1H3,(H,18,19). The lowest BCUT2D eigenvalue weighted by molar-refractivity contribution is 0.0378. The van der Waals surface area contributed by atoms with Crippen LogP contribution in [-0.2, 0) is 4.74 Å². The minimum atomic E-state index is 0.873. The summed E-state index contributed by atoms with van der Waals surface area (Å²) in [4.78, 5) is 7.01. The summed E-state index contributed by atoms with van der Waals surface area (Å²) in [6, 6.07) is 8.45. The number of benzene rings is 1. The fourth-order valence-corrected chi connectivity index (χ4v) is 2.81. The molecule has 0 unspecified atom stereocenters. The van der Waals surface area contributed by atoms with Gasteiger partial charge in [-0.05, 0) is 30.8 Å². The molecule has 112 valence electrons. The molecule has 3 rings (SSSR count). The largest absolute Gasteiger partial charge is 0.379 e. The fraction of sp³-hybridized carbons (Fsp3) is 0.471. The van der Waals surface area contributed by atoms with Crippen LogP contribution >= 0.6 is 0 Å². The topological polar surface area (TPSA) is 37.4 Å². The molecule has 0 saturated carbocycles. The lowest BCUT2D eigenvalue weighted by Gasteiger charge is -2.26. The van der Waals surface area contributed by atoms with Gasteiger partial charge in [0.05, 0.1) is 13.2 Å². The minimum Gasteiger partial charge on any atom is -0.379 e. The van der Waals surface area contributed by atoms with E-state index < -0.39 is 0 Å². The highest BCUT2D eigenvalue weighted by Crippen LogP contribution is 2.23. The Hall–Kier alpha value is -1.65. The molecule has 0 atom stereocenters. The maximum Gasteiger partial charge on any atom is 0.133 e. The second-order valence-corrected chi connectivity index (χ2v) is 5.57. The first-order valence-corrected chi connectivity index (χ1v) is 7.73. The van der Waals surface area contributed by atoms with Crippen molar-refractivity contribution in [3.63, 3.8) is 0 Å². The Labute approximate surface area is 126 Å². The zero-order valence-corrected chi connectivity index (χ0v) is 12.6. The third kappa shape index (κ3) is 3.52. The summed E-state index contributed by atoms with van der Waals surface area (Å²) >= 11 is 0. The summed E-state index contributed by atoms with van der Waals surface area (Å²) in [7, 11) is 0. The summed E-state index contributed by atoms with van der Waals surface area (Å²) in [6.45, 7) is 8.06. The zero-order valence-electron chi connectivity index (χ0n) is 12.6. The highest BCUT2D eigenvalue weighted by molar-refractivity contribution is 5.93. The molecular formula is C17H23N3O. The van der Waals surface area contributed by atoms with Gasteiger partial charge in [0.1, 0.15) is 5.82 Å². The van der Waals surface area contributed by atoms with Crippen molar-refractivity contribution in [3.05, 3.63) is 36.0 Å². The Morgan fingerprint density at radius 3 is 2.76 bits per heavy atom. The van der Waals surface area contributed by atoms with Crippen LogP contribution in [-0.4, -0.2) is 49.3 Å². The van der Waals surface area contributed by atoms with Crippen molar-refractivity contribution in [2.45, 2.75) is 13.3 Å². The van der Waals surface area contributed by atoms with Gasteiger partial charge in [-0.3, -0.25) is 4.90 Å². The van der Waals surface area contributed by atoms with Crippen LogP contribution in [0.25, 0.3) is 10.8 Å². The number of fused-ring (bicyclic) bond motifs is 1. The number of ether oxygens (including phenoxy) is 1. The maximum absolute atomic E-state index is 5.37. The highest BCUT2D eigenvalue weighted by Gasteiger charge is 2.09. The van der Waals surface area contributed by atoms with E-state index in [9.17, 15) is 0 Å². The zero-order chi connectivity index (χ0) is 14.5. The van der Waals surface area contributed by atoms with Crippen LogP contribution in [0.3, 0.4) is 0 Å². The molecule has 0 bridgehead atoms. The van der Waals surface area contributed by atoms with Crippen LogP contribution < -0.4 is 5.32 Å². The van der Waals surface area contributed by atoms with E-state index in [-0.39, 0.29) is 0 Å². The molecule has 0 spiro atoms. The van der Waals surface area contributed by atoms with Crippen LogP contribution in [0.2, 0.25) is 0 Å². The van der Waals surface area contributed by atoms with Gasteiger partial charge in [0.15, 0.2) is 0 Å². The maximum atomic E-state index is 5.37. The molecule has 1 saturated heterocycles. The van der Waals surface area contributed by atoms with Crippen molar-refractivity contribution < 1.29 is 4.74 Å². The summed E-state index contributed by atoms with van der Waals surface area (Å²) in [6.07, 6.45) is 3.08. The first kappa shape index (κ1) is 14.3. The van der Waals surface area contributed by atoms with Crippen LogP contribution in [0, 0.1) is 6.92 Å². The van der Waals surface area contributed by atoms with E-state index in [1.807, 2.05) is 6.20 Å². The first-order valence-electron chi connectivity index (χ1n) is 7.73. The second-order valence-electron chi connectivity index (χ2n) is 5.57. The molecule has 1 fully saturated rings. The third-order valence-corrected chi connectivity index (χ3v) is 4.04. The van der Waals surface area contributed by atoms with Gasteiger partial charge in [0, 0.05) is 31.2 Å². The number of aromatic nitrogens is 1. The Balaban J connectivity index is 1.57. The molecule has 1 aliphatic rings. The molecular weight excluding hydrogens is 262 g/mol. The average molecular weight is 285 g/mol. The lowest BCUT2D eigenvalue weighted by atomic mass is 10.1. The predicted molar refractivity (Wildman–Crippen MR) is 86.8 cm³/mol. The van der Waals surface area contributed by atoms with Gasteiger partial charge in [0.2, 0.25) is 0 Å². The minimum absolute atomic E-state index is 0.873. The normalized spacial score (nSPS) is 16.2. The molecule has 0 aliphatic carbocycles. The molecule has 2 aromatic rings. The monoisotopic (exact) mass is 285 g/mol. The average Bonchev–Trinajstić information content (AvgIpc) is 2.55. The summed E-state index contributed by atoms with van der Waals surface area (Å²) < 4.78 is 5.37. The number of hydrogen-bond acceptors (Lipinski definition) is 4. The summed E-state index contributed by atoms with van der Waals surface area (Å²) in [5.41, 5.74) is 1.23. The van der Waals surface area contributed by atoms with E-state index in [1.165, 1.54) is 16.3 Å². The number of nitrogens with one attached hydrogen (secondary N) is 1. The number of anilines is 1. The van der Waals surface area contributed by atoms with Crippen molar-refractivity contribution in [2.24, 2.45) is 0 Å². The number of morpholine rings is 1. The Bertz CT molecular complexity index is 594. The van der Waals surface area contributed by atoms with Crippen LogP contribution in [0.1, 0.15) is 12.0 Å². The SMILES string of the molecule is Cc1cnc(NCCCN2CCOCC2)c2ccccc12. The van der Waals surface area contributed by atoms with E-state index in [1.54, 1.807) is 0 Å². The van der Waals surface area contributed by atoms with Gasteiger partial charge in [-0.1, -0.05) is 24.3 Å². The number of nitrogens with zero attached hydrogens (tertiary/aromatic N) is 2. The fourth-order valence-electron chi connectivity index (χ4n) is 2.81. The molecule has 0 radical (unpaired) electrons. The third-order valence-electron chi connectivity index (χ3n) is 4.04. The van der Waals surface area contributed by atoms with Crippen molar-refractivity contribution in [1.82, 2.24) is 9.88 Å². The van der Waals surface area contributed by atoms with E-state index in [0.29, 0.717) is 0 Å². The second kappa shape index (κ2) is 6.87. The molecule has 21 heavy (non-hydrogen) atoms. The molecule has 4 nitrogen and oxygen atoms in total. The van der Waals surface area contributed by atoms with E-state index in [2.05, 4.69) is 46.4 Å². The number of aryl methyl sites for hydroxylation is 1. The Morgan fingerprint density at radius 2 is 1.95 bits per heavy atom. The Kier molecular flexibility index (Phi) is 4.68. The van der Waals surface area contributed by atoms with Gasteiger partial charge in [0.25, 0.3) is 0 Å². The van der Waals surface area contributed by atoms with Crippen LogP contribution in [0.15, 0.2) is 30.5 Å². The molecule has 2 heterocycles. The van der Waals surface area contributed by atoms with Gasteiger partial charge < -0.3 is 10.1 Å². The first-order chi connectivity index (χ1) is 10.3. The van der Waals surface area contributed by atoms with Crippen molar-refractivity contribution in [3.8, 4) is 0 Å². The highest BCUT2D eigenvalue weighted by atomic mass is 16.5. The lowest BCUT2D eigenvalue weighted by Crippen LogP contribution is -2.37. The van der Waals surface area contributed by atoms with Gasteiger partial charge in [-0.2, -0.15) is 0 Å². The van der Waals surface area contributed by atoms with Crippen molar-refractivity contribution in [2.75, 3.05) is 44.7 Å². The predicted octanol–water partition coefficient (Wildman–Crippen LogP) is 2.68. The molecule has 1 aromatic heterocycles. The molecule has 1 N–H and O–H groups in total. The molecule has 0 amide bonds. The van der Waals surface area contributed by atoms with Crippen LogP contribution in [0.5, 0.6) is 0 Å². The van der Waals surface area contributed by atoms with Crippen molar-refractivity contribution in [1.29, 1.82) is 0 Å². The molecule has 1 aliphatic heterocycles. The van der Waals surface area contributed by atoms with Gasteiger partial charge >= 0.3 is 0 Å². The summed E-state index contributed by atoms with van der Waals surface area (Å²) in [5.74, 6) is 0.998. The quantitative estimate of drug-likeness (QED) is 0.857. The Morgan fingerprint density at radius 1 is 1.19 bits per heavy atom. The molecule has 4 heteroatoms. The smallest absolute Gasteiger partial charge is 0.133 e. The van der Waals surface area contributed by atoms with Gasteiger partial charge in [-0.15, -0.1) is 0 Å². The summed E-state index contributed by atoms with van der Waals surface area (Å²) in [5, 5.41) is 5.98.